The molecule has 0 saturated carbocycles. The summed E-state index contributed by atoms with van der Waals surface area (Å²) >= 11 is 4.43. The fourth-order valence-corrected chi connectivity index (χ4v) is 3.75. The topological polar surface area (TPSA) is 59.1 Å². The van der Waals surface area contributed by atoms with Gasteiger partial charge in [0.15, 0.2) is 5.50 Å². The van der Waals surface area contributed by atoms with Gasteiger partial charge in [-0.25, -0.2) is 0 Å². The second kappa shape index (κ2) is 8.03. The molecule has 0 aliphatic carbocycles. The zero-order chi connectivity index (χ0) is 16.0. The summed E-state index contributed by atoms with van der Waals surface area (Å²) in [5.41, 5.74) is -0.445. The number of thiol groups is 1. The van der Waals surface area contributed by atoms with Crippen LogP contribution in [0, 0.1) is 0 Å². The fraction of sp³-hybridized carbons (Fsp3) is 0.615. The van der Waals surface area contributed by atoms with E-state index in [2.05, 4.69) is 12.6 Å². The maximum absolute atomic E-state index is 12.6. The fourth-order valence-electron chi connectivity index (χ4n) is 1.89. The Bertz CT molecular complexity index is 471. The van der Waals surface area contributed by atoms with Crippen molar-refractivity contribution in [3.63, 3.8) is 0 Å². The second-order valence-electron chi connectivity index (χ2n) is 4.34. The highest BCUT2D eigenvalue weighted by atomic mass is 32.1. The molecule has 1 rings (SSSR count). The van der Waals surface area contributed by atoms with E-state index in [-0.39, 0.29) is 5.91 Å². The number of hydrogen-bond acceptors (Lipinski definition) is 6. The quantitative estimate of drug-likeness (QED) is 0.573. The van der Waals surface area contributed by atoms with Gasteiger partial charge in [0.1, 0.15) is 0 Å². The lowest BCUT2D eigenvalue weighted by Gasteiger charge is -2.36. The Hall–Kier alpha value is -0.750. The van der Waals surface area contributed by atoms with E-state index in [9.17, 15) is 9.36 Å². The molecular weight excluding hydrogens is 311 g/mol. The van der Waals surface area contributed by atoms with Gasteiger partial charge in [0, 0.05) is 25.0 Å². The third-order valence-corrected chi connectivity index (χ3v) is 5.65. The number of likely N-dealkylation sites (N-methyl/N-ethyl adjacent to an activating group) is 1. The van der Waals surface area contributed by atoms with Crippen LogP contribution in [-0.4, -0.2) is 41.0 Å². The highest BCUT2D eigenvalue weighted by Gasteiger charge is 2.30. The molecule has 8 heteroatoms. The maximum atomic E-state index is 12.6. The molecule has 1 atom stereocenters. The third kappa shape index (κ3) is 4.36. The molecule has 1 unspecified atom stereocenters. The molecule has 6 nitrogen and oxygen atoms in total. The van der Waals surface area contributed by atoms with E-state index in [0.717, 1.165) is 0 Å². The van der Waals surface area contributed by atoms with Gasteiger partial charge in [-0.05, 0) is 27.7 Å². The smallest absolute Gasteiger partial charge is 0.324 e. The number of amides is 1. The van der Waals surface area contributed by atoms with Crippen LogP contribution < -0.4 is 0 Å². The first-order chi connectivity index (χ1) is 9.89. The highest BCUT2D eigenvalue weighted by molar-refractivity contribution is 7.80. The van der Waals surface area contributed by atoms with Crippen molar-refractivity contribution in [1.82, 2.24) is 9.80 Å². The van der Waals surface area contributed by atoms with Crippen LogP contribution in [0.25, 0.3) is 0 Å². The first-order valence-electron chi connectivity index (χ1n) is 6.92. The summed E-state index contributed by atoms with van der Waals surface area (Å²) in [6, 6.07) is 0. The minimum atomic E-state index is -3.30. The number of rotatable bonds is 7. The standard InChI is InChI=1S/C13H23N2O4PS/c1-5-15-12(16)8-9-14(13(15)21)10-11(4)20(17,18-6-2)19-7-3/h8-10,13,21H,5-7H2,1-4H3/b11-10-. The maximum Gasteiger partial charge on any atom is 0.358 e. The minimum Gasteiger partial charge on any atom is -0.324 e. The second-order valence-corrected chi connectivity index (χ2v) is 7.02. The molecule has 1 aliphatic rings. The van der Waals surface area contributed by atoms with Crippen molar-refractivity contribution in [2.45, 2.75) is 33.2 Å². The molecule has 0 radical (unpaired) electrons. The van der Waals surface area contributed by atoms with E-state index < -0.39 is 13.1 Å². The van der Waals surface area contributed by atoms with Crippen LogP contribution in [0.2, 0.25) is 0 Å². The molecule has 1 amide bonds. The molecule has 1 aliphatic heterocycles. The summed E-state index contributed by atoms with van der Waals surface area (Å²) in [5, 5.41) is 0.473. The van der Waals surface area contributed by atoms with Gasteiger partial charge in [-0.3, -0.25) is 9.36 Å². The number of carbonyl (C=O) groups is 1. The highest BCUT2D eigenvalue weighted by Crippen LogP contribution is 2.55. The Labute approximate surface area is 131 Å². The zero-order valence-electron chi connectivity index (χ0n) is 12.9. The molecule has 0 fully saturated rings. The molecule has 0 spiro atoms. The van der Waals surface area contributed by atoms with Gasteiger partial charge in [-0.1, -0.05) is 0 Å². The van der Waals surface area contributed by atoms with Crippen LogP contribution in [0.5, 0.6) is 0 Å². The van der Waals surface area contributed by atoms with Crippen molar-refractivity contribution < 1.29 is 18.4 Å². The summed E-state index contributed by atoms with van der Waals surface area (Å²) in [6.45, 7) is 8.21. The summed E-state index contributed by atoms with van der Waals surface area (Å²) in [6.07, 6.45) is 4.71. The van der Waals surface area contributed by atoms with Crippen LogP contribution >= 0.6 is 20.2 Å². The molecule has 0 aromatic carbocycles. The Morgan fingerprint density at radius 2 is 1.95 bits per heavy atom. The predicted molar refractivity (Wildman–Crippen MR) is 85.8 cm³/mol. The molecule has 0 N–H and O–H groups in total. The lowest BCUT2D eigenvalue weighted by Crippen LogP contribution is -2.46. The largest absolute Gasteiger partial charge is 0.358 e. The predicted octanol–water partition coefficient (Wildman–Crippen LogP) is 3.01. The number of hydrogen-bond donors (Lipinski definition) is 1. The van der Waals surface area contributed by atoms with Crippen LogP contribution in [0.15, 0.2) is 23.8 Å². The first-order valence-corrected chi connectivity index (χ1v) is 8.97. The monoisotopic (exact) mass is 334 g/mol. The molecule has 0 bridgehead atoms. The van der Waals surface area contributed by atoms with E-state index >= 15 is 0 Å². The Morgan fingerprint density at radius 1 is 1.38 bits per heavy atom. The molecule has 0 aromatic heterocycles. The van der Waals surface area contributed by atoms with Crippen molar-refractivity contribution >= 4 is 26.1 Å². The number of nitrogens with zero attached hydrogens (tertiary/aromatic N) is 2. The van der Waals surface area contributed by atoms with E-state index in [4.69, 9.17) is 9.05 Å². The van der Waals surface area contributed by atoms with Crippen LogP contribution in [0.3, 0.4) is 0 Å². The van der Waals surface area contributed by atoms with E-state index in [0.29, 0.717) is 25.1 Å². The average Bonchev–Trinajstić information content (AvgIpc) is 2.43. The van der Waals surface area contributed by atoms with Crippen molar-refractivity contribution in [2.75, 3.05) is 19.8 Å². The number of allylic oxidation sites excluding steroid dienone is 1. The Balaban J connectivity index is 3.02. The third-order valence-electron chi connectivity index (χ3n) is 2.92. The molecule has 0 saturated heterocycles. The van der Waals surface area contributed by atoms with Gasteiger partial charge in [0.2, 0.25) is 5.91 Å². The van der Waals surface area contributed by atoms with Crippen molar-refractivity contribution in [3.05, 3.63) is 23.8 Å². The van der Waals surface area contributed by atoms with Crippen LogP contribution in [0.4, 0.5) is 0 Å². The lowest BCUT2D eigenvalue weighted by atomic mass is 10.4. The minimum absolute atomic E-state index is 0.0994. The van der Waals surface area contributed by atoms with Gasteiger partial charge in [-0.2, -0.15) is 0 Å². The van der Waals surface area contributed by atoms with Crippen molar-refractivity contribution in [2.24, 2.45) is 0 Å². The Morgan fingerprint density at radius 3 is 2.43 bits per heavy atom. The first kappa shape index (κ1) is 18.3. The van der Waals surface area contributed by atoms with Crippen molar-refractivity contribution in [1.29, 1.82) is 0 Å². The van der Waals surface area contributed by atoms with Gasteiger partial charge >= 0.3 is 7.60 Å². The average molecular weight is 334 g/mol. The molecule has 1 heterocycles. The van der Waals surface area contributed by atoms with Gasteiger partial charge in [0.05, 0.1) is 18.5 Å². The van der Waals surface area contributed by atoms with E-state index in [1.54, 1.807) is 43.0 Å². The van der Waals surface area contributed by atoms with Gasteiger partial charge < -0.3 is 18.8 Å². The Kier molecular flexibility index (Phi) is 7.00. The SMILES string of the molecule is CCOP(=O)(OCC)/C(C)=C\N1C=CC(=O)N(CC)C1S. The summed E-state index contributed by atoms with van der Waals surface area (Å²) in [4.78, 5) is 15.0. The normalized spacial score (nSPS) is 20.3. The van der Waals surface area contributed by atoms with Gasteiger partial charge in [0.25, 0.3) is 0 Å². The van der Waals surface area contributed by atoms with E-state index in [1.165, 1.54) is 6.08 Å². The lowest BCUT2D eigenvalue weighted by molar-refractivity contribution is -0.129. The molecule has 0 aromatic rings. The van der Waals surface area contributed by atoms with Gasteiger partial charge in [-0.15, -0.1) is 12.6 Å². The number of carbonyl (C=O) groups excluding carboxylic acids is 1. The zero-order valence-corrected chi connectivity index (χ0v) is 14.6. The molecular formula is C13H23N2O4PS. The molecule has 21 heavy (non-hydrogen) atoms. The van der Waals surface area contributed by atoms with E-state index in [1.807, 2.05) is 6.92 Å². The molecule has 120 valence electrons. The van der Waals surface area contributed by atoms with Crippen LogP contribution in [-0.2, 0) is 18.4 Å². The van der Waals surface area contributed by atoms with Crippen LogP contribution in [0.1, 0.15) is 27.7 Å². The van der Waals surface area contributed by atoms with Crippen molar-refractivity contribution in [3.8, 4) is 0 Å². The summed E-state index contributed by atoms with van der Waals surface area (Å²) in [5.74, 6) is -0.0994. The summed E-state index contributed by atoms with van der Waals surface area (Å²) < 4.78 is 23.2. The summed E-state index contributed by atoms with van der Waals surface area (Å²) in [7, 11) is -3.30.